The highest BCUT2D eigenvalue weighted by atomic mass is 127. The van der Waals surface area contributed by atoms with Crippen molar-refractivity contribution in [1.82, 2.24) is 10.6 Å². The number of nitrogens with one attached hydrogen (secondary N) is 2. The smallest absolute Gasteiger partial charge is 0.387 e. The van der Waals surface area contributed by atoms with Gasteiger partial charge in [-0.1, -0.05) is 17.7 Å². The first kappa shape index (κ1) is 26.8. The van der Waals surface area contributed by atoms with E-state index in [0.29, 0.717) is 37.1 Å². The molecule has 1 saturated heterocycles. The van der Waals surface area contributed by atoms with Gasteiger partial charge in [0.1, 0.15) is 5.75 Å². The molecule has 172 valence electrons. The molecule has 1 heterocycles. The monoisotopic (exact) mass is 541 g/mol. The molecule has 0 atom stereocenters. The summed E-state index contributed by atoms with van der Waals surface area (Å²) in [6, 6.07) is 5.12. The Morgan fingerprint density at radius 3 is 2.73 bits per heavy atom. The maximum absolute atomic E-state index is 12.6. The van der Waals surface area contributed by atoms with Gasteiger partial charge in [-0.3, -0.25) is 0 Å². The first-order chi connectivity index (χ1) is 14.1. The predicted octanol–water partition coefficient (Wildman–Crippen LogP) is 4.10. The van der Waals surface area contributed by atoms with Crippen LogP contribution in [0.3, 0.4) is 0 Å². The van der Waals surface area contributed by atoms with E-state index in [-0.39, 0.29) is 36.3 Å². The number of rotatable bonds is 11. The largest absolute Gasteiger partial charge is 0.434 e. The van der Waals surface area contributed by atoms with Crippen LogP contribution in [0.15, 0.2) is 23.2 Å². The molecule has 0 bridgehead atoms. The fraction of sp³-hybridized carbons (Fsp3) is 0.667. The van der Waals surface area contributed by atoms with Crippen LogP contribution in [0.5, 0.6) is 5.75 Å². The van der Waals surface area contributed by atoms with E-state index in [1.807, 2.05) is 19.9 Å². The fourth-order valence-electron chi connectivity index (χ4n) is 3.09. The lowest BCUT2D eigenvalue weighted by Gasteiger charge is -2.21. The van der Waals surface area contributed by atoms with Crippen LogP contribution in [0.4, 0.5) is 8.78 Å². The summed E-state index contributed by atoms with van der Waals surface area (Å²) in [4.78, 5) is 4.50. The van der Waals surface area contributed by atoms with Gasteiger partial charge in [-0.2, -0.15) is 8.78 Å². The molecule has 0 aliphatic carbocycles. The number of benzene rings is 1. The van der Waals surface area contributed by atoms with Crippen LogP contribution < -0.4 is 15.4 Å². The zero-order chi connectivity index (χ0) is 20.9. The molecule has 1 aromatic carbocycles. The molecule has 0 saturated carbocycles. The minimum atomic E-state index is -2.85. The Morgan fingerprint density at radius 2 is 2.03 bits per heavy atom. The van der Waals surface area contributed by atoms with Gasteiger partial charge in [-0.05, 0) is 45.1 Å². The van der Waals surface area contributed by atoms with Gasteiger partial charge in [0, 0.05) is 45.1 Å². The summed E-state index contributed by atoms with van der Waals surface area (Å²) in [6.45, 7) is 5.86. The van der Waals surface area contributed by atoms with Gasteiger partial charge < -0.3 is 24.8 Å². The molecular weight excluding hydrogens is 507 g/mol. The van der Waals surface area contributed by atoms with Crippen molar-refractivity contribution in [2.75, 3.05) is 39.5 Å². The minimum Gasteiger partial charge on any atom is -0.434 e. The van der Waals surface area contributed by atoms with Crippen LogP contribution in [0, 0.1) is 12.8 Å². The molecule has 0 amide bonds. The van der Waals surface area contributed by atoms with Crippen molar-refractivity contribution in [3.63, 3.8) is 0 Å². The second kappa shape index (κ2) is 15.6. The second-order valence-corrected chi connectivity index (χ2v) is 7.10. The fourth-order valence-corrected chi connectivity index (χ4v) is 3.09. The Kier molecular flexibility index (Phi) is 13.9. The maximum atomic E-state index is 12.6. The topological polar surface area (TPSA) is 64.1 Å². The number of alkyl halides is 2. The van der Waals surface area contributed by atoms with Gasteiger partial charge in [0.15, 0.2) is 5.96 Å². The third-order valence-corrected chi connectivity index (χ3v) is 4.64. The van der Waals surface area contributed by atoms with E-state index in [2.05, 4.69) is 20.4 Å². The number of ether oxygens (including phenoxy) is 3. The lowest BCUT2D eigenvalue weighted by Crippen LogP contribution is -2.38. The molecule has 1 aliphatic heterocycles. The van der Waals surface area contributed by atoms with Crippen molar-refractivity contribution in [3.05, 3.63) is 29.3 Å². The van der Waals surface area contributed by atoms with Gasteiger partial charge in [0.2, 0.25) is 0 Å². The van der Waals surface area contributed by atoms with Gasteiger partial charge in [0.05, 0.1) is 6.54 Å². The Bertz CT molecular complexity index is 630. The van der Waals surface area contributed by atoms with E-state index in [1.165, 1.54) is 0 Å². The molecule has 6 nitrogen and oxygen atoms in total. The van der Waals surface area contributed by atoms with Gasteiger partial charge in [-0.25, -0.2) is 4.99 Å². The first-order valence-electron chi connectivity index (χ1n) is 10.3. The molecule has 1 aliphatic rings. The van der Waals surface area contributed by atoms with Crippen LogP contribution >= 0.6 is 24.0 Å². The summed E-state index contributed by atoms with van der Waals surface area (Å²) >= 11 is 0. The standard InChI is InChI=1S/C21H33F2N3O3.HI/c1-3-24-21(25-9-4-10-28-15-17-7-11-27-12-8-17)26-14-18-13-16(2)5-6-19(18)29-20(22)23;/h5-6,13,17,20H,3-4,7-12,14-15H2,1-2H3,(H2,24,25,26);1H. The summed E-state index contributed by atoms with van der Waals surface area (Å²) in [7, 11) is 0. The van der Waals surface area contributed by atoms with Gasteiger partial charge in [-0.15, -0.1) is 24.0 Å². The van der Waals surface area contributed by atoms with Crippen molar-refractivity contribution in [2.45, 2.75) is 46.3 Å². The minimum absolute atomic E-state index is 0. The Morgan fingerprint density at radius 1 is 1.27 bits per heavy atom. The molecule has 9 heteroatoms. The number of aliphatic imine (C=N–C) groups is 1. The number of nitrogens with zero attached hydrogens (tertiary/aromatic N) is 1. The predicted molar refractivity (Wildman–Crippen MR) is 125 cm³/mol. The van der Waals surface area contributed by atoms with E-state index in [4.69, 9.17) is 9.47 Å². The van der Waals surface area contributed by atoms with Crippen molar-refractivity contribution >= 4 is 29.9 Å². The number of halogens is 3. The van der Waals surface area contributed by atoms with Crippen molar-refractivity contribution in [2.24, 2.45) is 10.9 Å². The number of hydrogen-bond acceptors (Lipinski definition) is 4. The first-order valence-corrected chi connectivity index (χ1v) is 10.3. The number of hydrogen-bond donors (Lipinski definition) is 2. The van der Waals surface area contributed by atoms with E-state index in [9.17, 15) is 8.78 Å². The molecule has 0 spiro atoms. The summed E-state index contributed by atoms with van der Waals surface area (Å²) in [6.07, 6.45) is 3.01. The van der Waals surface area contributed by atoms with Gasteiger partial charge in [0.25, 0.3) is 0 Å². The molecule has 1 aromatic rings. The van der Waals surface area contributed by atoms with Crippen LogP contribution in [-0.2, 0) is 16.0 Å². The van der Waals surface area contributed by atoms with Crippen LogP contribution in [0.25, 0.3) is 0 Å². The lowest BCUT2D eigenvalue weighted by atomic mass is 10.0. The average molecular weight is 541 g/mol. The molecule has 2 N–H and O–H groups in total. The summed E-state index contributed by atoms with van der Waals surface area (Å²) in [5.41, 5.74) is 1.60. The molecule has 0 unspecified atom stereocenters. The Labute approximate surface area is 195 Å². The SMILES string of the molecule is CCNC(=NCc1cc(C)ccc1OC(F)F)NCCCOCC1CCOCC1.I. The number of guanidine groups is 1. The van der Waals surface area contributed by atoms with Crippen LogP contribution in [0.2, 0.25) is 0 Å². The zero-order valence-electron chi connectivity index (χ0n) is 17.8. The van der Waals surface area contributed by atoms with Crippen molar-refractivity contribution in [1.29, 1.82) is 0 Å². The lowest BCUT2D eigenvalue weighted by molar-refractivity contribution is -0.0504. The summed E-state index contributed by atoms with van der Waals surface area (Å²) in [5, 5.41) is 6.42. The summed E-state index contributed by atoms with van der Waals surface area (Å²) in [5.74, 6) is 1.41. The van der Waals surface area contributed by atoms with Crippen LogP contribution in [-0.4, -0.2) is 52.1 Å². The summed E-state index contributed by atoms with van der Waals surface area (Å²) < 4.78 is 40.9. The third kappa shape index (κ3) is 10.7. The molecular formula is C21H34F2IN3O3. The molecule has 0 radical (unpaired) electrons. The van der Waals surface area contributed by atoms with Crippen molar-refractivity contribution in [3.8, 4) is 5.75 Å². The van der Waals surface area contributed by atoms with Crippen LogP contribution in [0.1, 0.15) is 37.3 Å². The number of aryl methyl sites for hydroxylation is 1. The van der Waals surface area contributed by atoms with Crippen molar-refractivity contribution < 1.29 is 23.0 Å². The van der Waals surface area contributed by atoms with Gasteiger partial charge >= 0.3 is 6.61 Å². The second-order valence-electron chi connectivity index (χ2n) is 7.10. The highest BCUT2D eigenvalue weighted by Crippen LogP contribution is 2.23. The highest BCUT2D eigenvalue weighted by molar-refractivity contribution is 14.0. The quantitative estimate of drug-likeness (QED) is 0.191. The van der Waals surface area contributed by atoms with E-state index < -0.39 is 6.61 Å². The Balaban J connectivity index is 0.00000450. The zero-order valence-corrected chi connectivity index (χ0v) is 20.1. The van der Waals surface area contributed by atoms with E-state index in [1.54, 1.807) is 12.1 Å². The third-order valence-electron chi connectivity index (χ3n) is 4.64. The molecule has 2 rings (SSSR count). The van der Waals surface area contributed by atoms with E-state index in [0.717, 1.165) is 44.6 Å². The maximum Gasteiger partial charge on any atom is 0.387 e. The highest BCUT2D eigenvalue weighted by Gasteiger charge is 2.13. The normalized spacial score (nSPS) is 15.0. The molecule has 1 fully saturated rings. The Hall–Kier alpha value is -1.20. The van der Waals surface area contributed by atoms with E-state index >= 15 is 0 Å². The average Bonchev–Trinajstić information content (AvgIpc) is 2.70. The molecule has 0 aromatic heterocycles. The molecule has 30 heavy (non-hydrogen) atoms.